The van der Waals surface area contributed by atoms with Gasteiger partial charge in [-0.15, -0.1) is 0 Å². The van der Waals surface area contributed by atoms with Crippen molar-refractivity contribution in [1.29, 1.82) is 0 Å². The molecule has 1 aliphatic rings. The molecule has 0 radical (unpaired) electrons. The highest BCUT2D eigenvalue weighted by atomic mass is 16.3. The Morgan fingerprint density at radius 1 is 1.33 bits per heavy atom. The van der Waals surface area contributed by atoms with E-state index in [2.05, 4.69) is 10.3 Å². The van der Waals surface area contributed by atoms with Crippen molar-refractivity contribution in [1.82, 2.24) is 10.3 Å². The first-order valence-corrected chi connectivity index (χ1v) is 6.28. The monoisotopic (exact) mass is 250 g/mol. The summed E-state index contributed by atoms with van der Waals surface area (Å²) in [6.07, 6.45) is 4.72. The number of carbonyl (C=O) groups excluding carboxylic acids is 1. The molecule has 98 valence electrons. The Hall–Kier alpha value is -1.62. The summed E-state index contributed by atoms with van der Waals surface area (Å²) in [4.78, 5) is 25.7. The van der Waals surface area contributed by atoms with Gasteiger partial charge in [-0.25, -0.2) is 0 Å². The van der Waals surface area contributed by atoms with Crippen molar-refractivity contribution in [2.75, 3.05) is 6.61 Å². The topological polar surface area (TPSA) is 82.2 Å². The highest BCUT2D eigenvalue weighted by Crippen LogP contribution is 2.27. The molecule has 0 atom stereocenters. The van der Waals surface area contributed by atoms with Gasteiger partial charge in [-0.3, -0.25) is 9.59 Å². The van der Waals surface area contributed by atoms with Gasteiger partial charge in [0, 0.05) is 6.07 Å². The molecule has 1 fully saturated rings. The lowest BCUT2D eigenvalue weighted by atomic mass is 9.82. The largest absolute Gasteiger partial charge is 0.394 e. The van der Waals surface area contributed by atoms with Crippen LogP contribution in [0, 0.1) is 0 Å². The number of aliphatic hydroxyl groups is 1. The van der Waals surface area contributed by atoms with Crippen LogP contribution in [-0.2, 0) is 0 Å². The normalized spacial score (nSPS) is 18.3. The molecular formula is C13H18N2O3. The van der Waals surface area contributed by atoms with Gasteiger partial charge in [-0.1, -0.05) is 25.3 Å². The van der Waals surface area contributed by atoms with Gasteiger partial charge in [0.2, 0.25) is 5.56 Å². The standard InChI is InChI=1S/C13H18N2O3/c16-9-13(7-2-1-3-8-13)15-12(18)10-5-4-6-11(17)14-10/h4-6,16H,1-3,7-9H2,(H,14,17)(H,15,18). The lowest BCUT2D eigenvalue weighted by Crippen LogP contribution is -2.52. The fraction of sp³-hybridized carbons (Fsp3) is 0.538. The molecule has 1 aromatic heterocycles. The Morgan fingerprint density at radius 2 is 2.06 bits per heavy atom. The summed E-state index contributed by atoms with van der Waals surface area (Å²) >= 11 is 0. The zero-order valence-electron chi connectivity index (χ0n) is 10.2. The van der Waals surface area contributed by atoms with Crippen molar-refractivity contribution in [2.45, 2.75) is 37.6 Å². The number of aromatic nitrogens is 1. The van der Waals surface area contributed by atoms with Crippen LogP contribution >= 0.6 is 0 Å². The summed E-state index contributed by atoms with van der Waals surface area (Å²) in [5.41, 5.74) is -0.590. The zero-order chi connectivity index (χ0) is 13.0. The molecule has 0 spiro atoms. The van der Waals surface area contributed by atoms with E-state index in [1.807, 2.05) is 0 Å². The molecule has 3 N–H and O–H groups in total. The van der Waals surface area contributed by atoms with E-state index < -0.39 is 5.54 Å². The molecule has 1 aromatic rings. The number of amides is 1. The van der Waals surface area contributed by atoms with Crippen LogP contribution in [0.3, 0.4) is 0 Å². The lowest BCUT2D eigenvalue weighted by molar-refractivity contribution is 0.0753. The van der Waals surface area contributed by atoms with E-state index >= 15 is 0 Å². The van der Waals surface area contributed by atoms with E-state index in [0.29, 0.717) is 0 Å². The molecule has 1 aliphatic carbocycles. The molecule has 1 saturated carbocycles. The van der Waals surface area contributed by atoms with Crippen molar-refractivity contribution in [3.05, 3.63) is 34.2 Å². The van der Waals surface area contributed by atoms with Crippen molar-refractivity contribution < 1.29 is 9.90 Å². The van der Waals surface area contributed by atoms with E-state index in [1.54, 1.807) is 12.1 Å². The molecule has 0 saturated heterocycles. The van der Waals surface area contributed by atoms with Gasteiger partial charge in [-0.05, 0) is 18.9 Å². The lowest BCUT2D eigenvalue weighted by Gasteiger charge is -2.36. The molecule has 0 unspecified atom stereocenters. The molecule has 0 aromatic carbocycles. The first-order valence-electron chi connectivity index (χ1n) is 6.28. The highest BCUT2D eigenvalue weighted by molar-refractivity contribution is 5.92. The van der Waals surface area contributed by atoms with Gasteiger partial charge in [0.15, 0.2) is 0 Å². The van der Waals surface area contributed by atoms with E-state index in [4.69, 9.17) is 0 Å². The summed E-state index contributed by atoms with van der Waals surface area (Å²) < 4.78 is 0. The van der Waals surface area contributed by atoms with Gasteiger partial charge < -0.3 is 15.4 Å². The Kier molecular flexibility index (Phi) is 3.81. The average Bonchev–Trinajstić information content (AvgIpc) is 2.40. The Bertz CT molecular complexity index is 475. The molecule has 5 nitrogen and oxygen atoms in total. The molecule has 1 heterocycles. The smallest absolute Gasteiger partial charge is 0.268 e. The van der Waals surface area contributed by atoms with E-state index in [1.165, 1.54) is 6.07 Å². The van der Waals surface area contributed by atoms with Gasteiger partial charge in [0.25, 0.3) is 5.91 Å². The highest BCUT2D eigenvalue weighted by Gasteiger charge is 2.33. The van der Waals surface area contributed by atoms with Crippen LogP contribution in [0.15, 0.2) is 23.0 Å². The predicted octanol–water partition coefficient (Wildman–Crippen LogP) is 0.800. The first kappa shape index (κ1) is 12.8. The third-order valence-corrected chi connectivity index (χ3v) is 3.51. The second-order valence-corrected chi connectivity index (χ2v) is 4.88. The maximum atomic E-state index is 12.0. The van der Waals surface area contributed by atoms with Gasteiger partial charge in [-0.2, -0.15) is 0 Å². The Morgan fingerprint density at radius 3 is 2.67 bits per heavy atom. The van der Waals surface area contributed by atoms with Crippen LogP contribution in [0.2, 0.25) is 0 Å². The number of rotatable bonds is 3. The number of hydrogen-bond donors (Lipinski definition) is 3. The summed E-state index contributed by atoms with van der Waals surface area (Å²) in [5.74, 6) is -0.330. The number of hydrogen-bond acceptors (Lipinski definition) is 3. The minimum atomic E-state index is -0.526. The Balaban J connectivity index is 2.12. The van der Waals surface area contributed by atoms with Gasteiger partial charge in [0.05, 0.1) is 12.1 Å². The molecular weight excluding hydrogens is 232 g/mol. The van der Waals surface area contributed by atoms with Crippen LogP contribution in [0.25, 0.3) is 0 Å². The first-order chi connectivity index (χ1) is 8.65. The number of aromatic amines is 1. The predicted molar refractivity (Wildman–Crippen MR) is 67.4 cm³/mol. The molecule has 1 amide bonds. The van der Waals surface area contributed by atoms with Crippen molar-refractivity contribution in [3.8, 4) is 0 Å². The van der Waals surface area contributed by atoms with Crippen LogP contribution < -0.4 is 10.9 Å². The van der Waals surface area contributed by atoms with Crippen LogP contribution in [-0.4, -0.2) is 28.1 Å². The maximum Gasteiger partial charge on any atom is 0.268 e. The van der Waals surface area contributed by atoms with Crippen molar-refractivity contribution in [3.63, 3.8) is 0 Å². The fourth-order valence-corrected chi connectivity index (χ4v) is 2.44. The summed E-state index contributed by atoms with van der Waals surface area (Å²) in [5, 5.41) is 12.4. The number of nitrogens with one attached hydrogen (secondary N) is 2. The third kappa shape index (κ3) is 2.79. The van der Waals surface area contributed by atoms with Crippen LogP contribution in [0.5, 0.6) is 0 Å². The molecule has 5 heteroatoms. The third-order valence-electron chi connectivity index (χ3n) is 3.51. The Labute approximate surface area is 105 Å². The number of pyridine rings is 1. The second kappa shape index (κ2) is 5.35. The minimum Gasteiger partial charge on any atom is -0.394 e. The summed E-state index contributed by atoms with van der Waals surface area (Å²) in [7, 11) is 0. The second-order valence-electron chi connectivity index (χ2n) is 4.88. The van der Waals surface area contributed by atoms with E-state index in [9.17, 15) is 14.7 Å². The SMILES string of the molecule is O=C(NC1(CO)CCCCC1)c1cccc(=O)[nH]1. The van der Waals surface area contributed by atoms with Gasteiger partial charge in [0.1, 0.15) is 5.69 Å². The van der Waals surface area contributed by atoms with Crippen LogP contribution in [0.4, 0.5) is 0 Å². The van der Waals surface area contributed by atoms with Crippen molar-refractivity contribution >= 4 is 5.91 Å². The van der Waals surface area contributed by atoms with Crippen LogP contribution in [0.1, 0.15) is 42.6 Å². The fourth-order valence-electron chi connectivity index (χ4n) is 2.44. The number of aliphatic hydroxyl groups excluding tert-OH is 1. The van der Waals surface area contributed by atoms with Gasteiger partial charge >= 0.3 is 0 Å². The minimum absolute atomic E-state index is 0.0597. The summed E-state index contributed by atoms with van der Waals surface area (Å²) in [6.45, 7) is -0.0597. The maximum absolute atomic E-state index is 12.0. The zero-order valence-corrected chi connectivity index (χ0v) is 10.2. The molecule has 18 heavy (non-hydrogen) atoms. The quantitative estimate of drug-likeness (QED) is 0.742. The molecule has 0 bridgehead atoms. The van der Waals surface area contributed by atoms with Crippen molar-refractivity contribution in [2.24, 2.45) is 0 Å². The average molecular weight is 250 g/mol. The molecule has 2 rings (SSSR count). The molecule has 0 aliphatic heterocycles. The number of H-pyrrole nitrogens is 1. The van der Waals surface area contributed by atoms with E-state index in [0.717, 1.165) is 32.1 Å². The summed E-state index contributed by atoms with van der Waals surface area (Å²) in [6, 6.07) is 4.46. The number of carbonyl (C=O) groups is 1. The van der Waals surface area contributed by atoms with E-state index in [-0.39, 0.29) is 23.8 Å².